The van der Waals surface area contributed by atoms with Crippen LogP contribution >= 0.6 is 11.6 Å². The Morgan fingerprint density at radius 2 is 1.65 bits per heavy atom. The number of hydrogen-bond donors (Lipinski definition) is 1. The number of hydrogen-bond acceptors (Lipinski definition) is 6. The smallest absolute Gasteiger partial charge is 0.193 e. The molecular weight excluding hydrogens is 518 g/mol. The normalized spacial score (nSPS) is 14.2. The first-order valence-corrected chi connectivity index (χ1v) is 19.9. The lowest BCUT2D eigenvalue weighted by Crippen LogP contribution is -2.46. The van der Waals surface area contributed by atoms with Crippen LogP contribution in [-0.2, 0) is 8.85 Å². The average Bonchev–Trinajstić information content (AvgIpc) is 3.25. The number of unbranched alkanes of at least 4 members (excludes halogenated alkanes) is 4. The van der Waals surface area contributed by atoms with E-state index in [0.717, 1.165) is 5.69 Å². The molecule has 0 aliphatic carbocycles. The first kappa shape index (κ1) is 31.9. The summed E-state index contributed by atoms with van der Waals surface area (Å²) in [7, 11) is -4.17. The van der Waals surface area contributed by atoms with Gasteiger partial charge in [-0.05, 0) is 48.8 Å². The quantitative estimate of drug-likeness (QED) is 0.182. The highest BCUT2D eigenvalue weighted by Gasteiger charge is 2.43. The summed E-state index contributed by atoms with van der Waals surface area (Å²) in [5.74, 6) is 0.438. The number of nitrogens with two attached hydrogens (primary N) is 1. The van der Waals surface area contributed by atoms with E-state index in [2.05, 4.69) is 77.8 Å². The van der Waals surface area contributed by atoms with E-state index in [9.17, 15) is 0 Å². The second kappa shape index (κ2) is 12.7. The zero-order valence-electron chi connectivity index (χ0n) is 24.8. The molecule has 2 rings (SSSR count). The summed E-state index contributed by atoms with van der Waals surface area (Å²) >= 11 is 6.37. The first-order valence-electron chi connectivity index (χ1n) is 13.7. The lowest BCUT2D eigenvalue weighted by atomic mass is 10.0. The van der Waals surface area contributed by atoms with Gasteiger partial charge in [-0.3, -0.25) is 0 Å². The monoisotopic (exact) mass is 567 g/mol. The minimum atomic E-state index is -2.12. The first-order chi connectivity index (χ1) is 17.0. The van der Waals surface area contributed by atoms with Crippen LogP contribution in [0.15, 0.2) is 18.5 Å². The molecule has 0 saturated heterocycles. The van der Waals surface area contributed by atoms with Gasteiger partial charge >= 0.3 is 0 Å². The summed E-state index contributed by atoms with van der Waals surface area (Å²) in [5.41, 5.74) is 7.03. The Morgan fingerprint density at radius 1 is 1.00 bits per heavy atom. The second-order valence-electron chi connectivity index (χ2n) is 12.9. The number of pyridine rings is 1. The molecule has 0 aromatic carbocycles. The summed E-state index contributed by atoms with van der Waals surface area (Å²) < 4.78 is 13.7. The summed E-state index contributed by atoms with van der Waals surface area (Å²) in [6, 6.07) is 1.65. The van der Waals surface area contributed by atoms with Crippen molar-refractivity contribution in [1.29, 1.82) is 0 Å². The Labute approximate surface area is 232 Å². The lowest BCUT2D eigenvalue weighted by Gasteiger charge is -2.42. The molecular formula is C27H50ClN5O2Si2. The van der Waals surface area contributed by atoms with Crippen molar-refractivity contribution in [2.45, 2.75) is 122 Å². The van der Waals surface area contributed by atoms with E-state index in [0.29, 0.717) is 23.1 Å². The highest BCUT2D eigenvalue weighted by molar-refractivity contribution is 6.74. The van der Waals surface area contributed by atoms with Crippen LogP contribution in [-0.4, -0.2) is 43.2 Å². The predicted octanol–water partition coefficient (Wildman–Crippen LogP) is 8.32. The molecule has 0 aliphatic heterocycles. The molecule has 2 heterocycles. The fourth-order valence-electron chi connectivity index (χ4n) is 3.78. The van der Waals surface area contributed by atoms with Gasteiger partial charge in [0.25, 0.3) is 0 Å². The van der Waals surface area contributed by atoms with Crippen LogP contribution in [0.25, 0.3) is 5.82 Å². The molecule has 0 bridgehead atoms. The van der Waals surface area contributed by atoms with Gasteiger partial charge in [-0.2, -0.15) is 5.10 Å². The van der Waals surface area contributed by atoms with Gasteiger partial charge in [-0.15, -0.1) is 9.90 Å². The van der Waals surface area contributed by atoms with Crippen molar-refractivity contribution < 1.29 is 8.85 Å². The van der Waals surface area contributed by atoms with Gasteiger partial charge in [0.15, 0.2) is 22.5 Å². The third-order valence-electron chi connectivity index (χ3n) is 8.25. The molecule has 210 valence electrons. The van der Waals surface area contributed by atoms with E-state index in [1.807, 2.05) is 0 Å². The number of aromatic nitrogens is 4. The minimum absolute atomic E-state index is 0.0494. The second-order valence-corrected chi connectivity index (χ2v) is 22.7. The van der Waals surface area contributed by atoms with Crippen LogP contribution in [0.2, 0.25) is 41.3 Å². The Balaban J connectivity index is 2.25. The molecule has 0 spiro atoms. The number of anilines is 1. The average molecular weight is 568 g/mol. The number of rotatable bonds is 14. The predicted molar refractivity (Wildman–Crippen MR) is 160 cm³/mol. The molecule has 2 N–H and O–H groups in total. The van der Waals surface area contributed by atoms with E-state index in [-0.39, 0.29) is 16.2 Å². The zero-order valence-corrected chi connectivity index (χ0v) is 27.6. The maximum atomic E-state index is 6.87. The molecule has 0 fully saturated rings. The van der Waals surface area contributed by atoms with Crippen LogP contribution in [0.1, 0.15) is 91.9 Å². The number of nitrogens with zero attached hydrogens (tertiary/aromatic N) is 4. The maximum Gasteiger partial charge on any atom is 0.193 e. The Hall–Kier alpha value is -1.27. The van der Waals surface area contributed by atoms with E-state index in [1.165, 1.54) is 43.3 Å². The molecule has 0 radical (unpaired) electrons. The van der Waals surface area contributed by atoms with E-state index >= 15 is 0 Å². The molecule has 10 heteroatoms. The van der Waals surface area contributed by atoms with E-state index in [4.69, 9.17) is 31.3 Å². The fourth-order valence-corrected chi connectivity index (χ4v) is 7.02. The highest BCUT2D eigenvalue weighted by Crippen LogP contribution is 2.44. The van der Waals surface area contributed by atoms with Crippen molar-refractivity contribution in [3.05, 3.63) is 29.2 Å². The van der Waals surface area contributed by atoms with Gasteiger partial charge in [-0.1, -0.05) is 85.2 Å². The summed E-state index contributed by atoms with van der Waals surface area (Å²) in [6.07, 6.45) is 10.6. The molecule has 0 aliphatic rings. The topological polar surface area (TPSA) is 88.1 Å². The molecule has 2 aromatic rings. The molecule has 0 amide bonds. The van der Waals surface area contributed by atoms with Crippen molar-refractivity contribution in [3.63, 3.8) is 0 Å². The van der Waals surface area contributed by atoms with Crippen LogP contribution < -0.4 is 5.73 Å². The van der Waals surface area contributed by atoms with Gasteiger partial charge < -0.3 is 14.6 Å². The summed E-state index contributed by atoms with van der Waals surface area (Å²) in [4.78, 5) is 5.77. The van der Waals surface area contributed by atoms with Gasteiger partial charge in [0.2, 0.25) is 0 Å². The van der Waals surface area contributed by atoms with Gasteiger partial charge in [0.1, 0.15) is 11.8 Å². The molecule has 0 saturated carbocycles. The van der Waals surface area contributed by atoms with E-state index < -0.39 is 16.6 Å². The standard InChI is InChI=1S/C27H50ClN5O2Si2/c1-11-12-13-14-15-16-27(5,6)37(9,10)34-20-24(35-36(7,8)26(2,3)4)23-19-31-33(32-23)25-22(28)17-21(29)18-30-25/h17-19,24H,11-16,20,29H2,1-10H3. The number of nitrogen functional groups attached to an aromatic ring is 1. The molecule has 1 unspecified atom stereocenters. The zero-order chi connectivity index (χ0) is 28.1. The summed E-state index contributed by atoms with van der Waals surface area (Å²) in [5, 5.41) is 9.79. The van der Waals surface area contributed by atoms with Crippen molar-refractivity contribution in [3.8, 4) is 5.82 Å². The van der Waals surface area contributed by atoms with Crippen molar-refractivity contribution in [2.24, 2.45) is 0 Å². The van der Waals surface area contributed by atoms with E-state index in [1.54, 1.807) is 18.5 Å². The Kier molecular flexibility index (Phi) is 11.0. The fraction of sp³-hybridized carbons (Fsp3) is 0.741. The maximum absolute atomic E-state index is 6.87. The highest BCUT2D eigenvalue weighted by atomic mass is 35.5. The lowest BCUT2D eigenvalue weighted by molar-refractivity contribution is 0.103. The molecule has 7 nitrogen and oxygen atoms in total. The molecule has 37 heavy (non-hydrogen) atoms. The van der Waals surface area contributed by atoms with Crippen LogP contribution in [0.5, 0.6) is 0 Å². The van der Waals surface area contributed by atoms with Crippen LogP contribution in [0.3, 0.4) is 0 Å². The van der Waals surface area contributed by atoms with Crippen molar-refractivity contribution >= 4 is 33.9 Å². The minimum Gasteiger partial charge on any atom is -0.414 e. The van der Waals surface area contributed by atoms with Gasteiger partial charge in [0, 0.05) is 0 Å². The molecule has 1 atom stereocenters. The summed E-state index contributed by atoms with van der Waals surface area (Å²) in [6.45, 7) is 23.3. The third-order valence-corrected chi connectivity index (χ3v) is 17.4. The number of halogens is 1. The third kappa shape index (κ3) is 8.61. The largest absolute Gasteiger partial charge is 0.414 e. The van der Waals surface area contributed by atoms with Crippen LogP contribution in [0, 0.1) is 0 Å². The Morgan fingerprint density at radius 3 is 2.24 bits per heavy atom. The van der Waals surface area contributed by atoms with Crippen LogP contribution in [0.4, 0.5) is 5.69 Å². The SMILES string of the molecule is CCCCCCCC(C)(C)[Si](C)(C)OCC(O[Si](C)(C)C(C)(C)C)c1cnn(-c2ncc(N)cc2Cl)n1. The van der Waals surface area contributed by atoms with Gasteiger partial charge in [-0.25, -0.2) is 4.98 Å². The van der Waals surface area contributed by atoms with Crippen molar-refractivity contribution in [1.82, 2.24) is 20.0 Å². The Bertz CT molecular complexity index is 1000. The van der Waals surface area contributed by atoms with Gasteiger partial charge in [0.05, 0.1) is 29.7 Å². The molecule has 2 aromatic heterocycles. The van der Waals surface area contributed by atoms with Crippen molar-refractivity contribution in [2.75, 3.05) is 12.3 Å².